The molecule has 1 aliphatic heterocycles. The lowest BCUT2D eigenvalue weighted by molar-refractivity contribution is 0.0518. The van der Waals surface area contributed by atoms with E-state index in [0.29, 0.717) is 37.5 Å². The van der Waals surface area contributed by atoms with Crippen molar-refractivity contribution < 1.29 is 18.7 Å². The third-order valence-corrected chi connectivity index (χ3v) is 7.33. The summed E-state index contributed by atoms with van der Waals surface area (Å²) in [5.41, 5.74) is 3.57. The number of ether oxygens (including phenoxy) is 1. The van der Waals surface area contributed by atoms with Gasteiger partial charge in [0.05, 0.1) is 29.3 Å². The molecule has 9 heteroatoms. The third kappa shape index (κ3) is 3.83. The second-order valence-electron chi connectivity index (χ2n) is 8.35. The minimum absolute atomic E-state index is 0.0260. The molecule has 3 aromatic heterocycles. The van der Waals surface area contributed by atoms with Crippen LogP contribution >= 0.6 is 11.3 Å². The summed E-state index contributed by atoms with van der Waals surface area (Å²) in [6.45, 7) is 1.94. The molecular formula is C26H22N4O4S. The van der Waals surface area contributed by atoms with Gasteiger partial charge in [-0.05, 0) is 54.6 Å². The van der Waals surface area contributed by atoms with Gasteiger partial charge in [-0.15, -0.1) is 0 Å². The highest BCUT2D eigenvalue weighted by atomic mass is 32.1. The number of piperazine rings is 1. The van der Waals surface area contributed by atoms with Crippen LogP contribution in [0.2, 0.25) is 0 Å². The average molecular weight is 487 g/mol. The van der Waals surface area contributed by atoms with Crippen molar-refractivity contribution in [2.75, 3.05) is 33.3 Å². The summed E-state index contributed by atoms with van der Waals surface area (Å²) >= 11 is 1.56. The lowest BCUT2D eigenvalue weighted by Gasteiger charge is -2.34. The summed E-state index contributed by atoms with van der Waals surface area (Å²) in [4.78, 5) is 34.8. The van der Waals surface area contributed by atoms with E-state index in [0.717, 1.165) is 32.2 Å². The van der Waals surface area contributed by atoms with E-state index >= 15 is 0 Å². The van der Waals surface area contributed by atoms with Crippen LogP contribution in [0.3, 0.4) is 0 Å². The number of imidazole rings is 1. The van der Waals surface area contributed by atoms with Crippen molar-refractivity contribution in [2.24, 2.45) is 0 Å². The standard InChI is InChI=1S/C26H22N4O4S/c1-33-19-7-4-17(5-8-19)20-16-30-21-9-6-18(15-23(21)35-26(30)27-20)24(31)28-10-12-29(13-11-28)25(32)22-3-2-14-34-22/h2-9,14-16H,10-13H2,1H3. The summed E-state index contributed by atoms with van der Waals surface area (Å²) in [5, 5.41) is 0. The Hall–Kier alpha value is -4.11. The Morgan fingerprint density at radius 2 is 1.71 bits per heavy atom. The lowest BCUT2D eigenvalue weighted by atomic mass is 10.1. The maximum atomic E-state index is 13.2. The fourth-order valence-corrected chi connectivity index (χ4v) is 5.43. The normalized spacial score (nSPS) is 14.1. The first kappa shape index (κ1) is 21.4. The van der Waals surface area contributed by atoms with Crippen LogP contribution in [0.1, 0.15) is 20.9 Å². The number of aromatic nitrogens is 2. The number of fused-ring (bicyclic) bond motifs is 3. The fraction of sp³-hybridized carbons (Fsp3) is 0.192. The molecule has 2 aromatic carbocycles. The van der Waals surface area contributed by atoms with Crippen LogP contribution in [0, 0.1) is 0 Å². The first-order valence-corrected chi connectivity index (χ1v) is 12.1. The van der Waals surface area contributed by atoms with Crippen LogP contribution < -0.4 is 4.74 Å². The number of hydrogen-bond acceptors (Lipinski definition) is 6. The van der Waals surface area contributed by atoms with Gasteiger partial charge in [0.15, 0.2) is 10.7 Å². The smallest absolute Gasteiger partial charge is 0.289 e. The van der Waals surface area contributed by atoms with E-state index in [2.05, 4.69) is 4.40 Å². The molecule has 2 amide bonds. The van der Waals surface area contributed by atoms with Crippen molar-refractivity contribution in [1.29, 1.82) is 0 Å². The molecule has 1 saturated heterocycles. The monoisotopic (exact) mass is 486 g/mol. The minimum Gasteiger partial charge on any atom is -0.497 e. The Morgan fingerprint density at radius 1 is 0.971 bits per heavy atom. The van der Waals surface area contributed by atoms with E-state index in [4.69, 9.17) is 14.1 Å². The molecule has 6 rings (SSSR count). The number of furan rings is 1. The van der Waals surface area contributed by atoms with Crippen LogP contribution in [0.25, 0.3) is 26.4 Å². The van der Waals surface area contributed by atoms with Gasteiger partial charge in [-0.1, -0.05) is 11.3 Å². The Labute approximate surface area is 205 Å². The van der Waals surface area contributed by atoms with Gasteiger partial charge in [0.25, 0.3) is 11.8 Å². The molecule has 1 fully saturated rings. The maximum Gasteiger partial charge on any atom is 0.289 e. The van der Waals surface area contributed by atoms with Crippen LogP contribution in [0.4, 0.5) is 0 Å². The molecule has 0 spiro atoms. The summed E-state index contributed by atoms with van der Waals surface area (Å²) in [6.07, 6.45) is 3.51. The number of amides is 2. The molecule has 0 atom stereocenters. The second-order valence-corrected chi connectivity index (χ2v) is 9.36. The molecule has 0 saturated carbocycles. The Morgan fingerprint density at radius 3 is 2.40 bits per heavy atom. The number of nitrogens with zero attached hydrogens (tertiary/aromatic N) is 4. The molecule has 0 radical (unpaired) electrons. The average Bonchev–Trinajstić information content (AvgIpc) is 3.64. The van der Waals surface area contributed by atoms with Gasteiger partial charge in [-0.2, -0.15) is 0 Å². The number of hydrogen-bond donors (Lipinski definition) is 0. The van der Waals surface area contributed by atoms with Crippen LogP contribution in [-0.4, -0.2) is 64.3 Å². The van der Waals surface area contributed by atoms with Gasteiger partial charge in [0, 0.05) is 43.5 Å². The maximum absolute atomic E-state index is 13.2. The van der Waals surface area contributed by atoms with E-state index in [-0.39, 0.29) is 11.8 Å². The highest BCUT2D eigenvalue weighted by molar-refractivity contribution is 7.23. The Bertz CT molecular complexity index is 1530. The van der Waals surface area contributed by atoms with Gasteiger partial charge >= 0.3 is 0 Å². The Balaban J connectivity index is 1.19. The van der Waals surface area contributed by atoms with E-state index in [1.54, 1.807) is 40.4 Å². The second kappa shape index (κ2) is 8.59. The largest absolute Gasteiger partial charge is 0.497 e. The summed E-state index contributed by atoms with van der Waals surface area (Å²) < 4.78 is 13.5. The van der Waals surface area contributed by atoms with Gasteiger partial charge in [-0.25, -0.2) is 4.98 Å². The molecule has 35 heavy (non-hydrogen) atoms. The highest BCUT2D eigenvalue weighted by Crippen LogP contribution is 2.31. The fourth-order valence-electron chi connectivity index (χ4n) is 4.39. The lowest BCUT2D eigenvalue weighted by Crippen LogP contribution is -2.50. The van der Waals surface area contributed by atoms with Gasteiger partial charge in [0.1, 0.15) is 5.75 Å². The zero-order valence-electron chi connectivity index (χ0n) is 19.0. The molecule has 176 valence electrons. The number of carbonyl (C=O) groups excluding carboxylic acids is 2. The molecule has 8 nitrogen and oxygen atoms in total. The molecule has 4 heterocycles. The summed E-state index contributed by atoms with van der Waals surface area (Å²) in [6, 6.07) is 17.0. The number of carbonyl (C=O) groups is 2. The number of benzene rings is 2. The van der Waals surface area contributed by atoms with E-state index in [9.17, 15) is 9.59 Å². The summed E-state index contributed by atoms with van der Waals surface area (Å²) in [5.74, 6) is 0.970. The predicted octanol–water partition coefficient (Wildman–Crippen LogP) is 4.42. The topological polar surface area (TPSA) is 80.3 Å². The number of rotatable bonds is 4. The van der Waals surface area contributed by atoms with Crippen molar-refractivity contribution in [3.63, 3.8) is 0 Å². The molecule has 0 unspecified atom stereocenters. The molecule has 0 N–H and O–H groups in total. The number of methoxy groups -OCH3 is 1. The van der Waals surface area contributed by atoms with Crippen LogP contribution in [-0.2, 0) is 0 Å². The van der Waals surface area contributed by atoms with Crippen molar-refractivity contribution in [2.45, 2.75) is 0 Å². The van der Waals surface area contributed by atoms with Crippen LogP contribution in [0.5, 0.6) is 5.75 Å². The Kier molecular flexibility index (Phi) is 5.26. The zero-order chi connectivity index (χ0) is 23.9. The molecule has 0 bridgehead atoms. The van der Waals surface area contributed by atoms with E-state index < -0.39 is 0 Å². The molecule has 0 aliphatic carbocycles. The first-order chi connectivity index (χ1) is 17.1. The van der Waals surface area contributed by atoms with Crippen molar-refractivity contribution in [3.05, 3.63) is 78.4 Å². The van der Waals surface area contributed by atoms with Crippen molar-refractivity contribution >= 4 is 38.3 Å². The van der Waals surface area contributed by atoms with E-state index in [1.165, 1.54) is 6.26 Å². The first-order valence-electron chi connectivity index (χ1n) is 11.3. The highest BCUT2D eigenvalue weighted by Gasteiger charge is 2.27. The molecule has 1 aliphatic rings. The molecule has 5 aromatic rings. The summed E-state index contributed by atoms with van der Waals surface area (Å²) in [7, 11) is 1.65. The van der Waals surface area contributed by atoms with Gasteiger partial charge in [0.2, 0.25) is 0 Å². The zero-order valence-corrected chi connectivity index (χ0v) is 19.8. The quantitative estimate of drug-likeness (QED) is 0.376. The van der Waals surface area contributed by atoms with Crippen molar-refractivity contribution in [3.8, 4) is 17.0 Å². The predicted molar refractivity (Wildman–Crippen MR) is 133 cm³/mol. The molecular weight excluding hydrogens is 464 g/mol. The van der Waals surface area contributed by atoms with E-state index in [1.807, 2.05) is 48.7 Å². The van der Waals surface area contributed by atoms with Gasteiger partial charge in [-0.3, -0.25) is 14.0 Å². The number of thiazole rings is 1. The minimum atomic E-state index is -0.139. The van der Waals surface area contributed by atoms with Crippen LogP contribution in [0.15, 0.2) is 71.5 Å². The van der Waals surface area contributed by atoms with Gasteiger partial charge < -0.3 is 19.0 Å². The van der Waals surface area contributed by atoms with Crippen molar-refractivity contribution in [1.82, 2.24) is 19.2 Å². The third-order valence-electron chi connectivity index (χ3n) is 6.31. The SMILES string of the molecule is COc1ccc(-c2cn3c(n2)sc2cc(C(=O)N4CCN(C(=O)c5ccco5)CC4)ccc23)cc1.